The number of anilines is 2. The maximum absolute atomic E-state index is 13.0. The van der Waals surface area contributed by atoms with Crippen LogP contribution in [0.4, 0.5) is 16.2 Å². The molecule has 2 aromatic rings. The molecule has 0 spiro atoms. The van der Waals surface area contributed by atoms with Crippen LogP contribution < -0.4 is 15.4 Å². The van der Waals surface area contributed by atoms with Gasteiger partial charge in [0.1, 0.15) is 5.84 Å². The molecule has 2 aliphatic heterocycles. The molecular formula is C25H31N5O4S. The highest BCUT2D eigenvalue weighted by molar-refractivity contribution is 7.90. The normalized spacial score (nSPS) is 18.7. The van der Waals surface area contributed by atoms with Gasteiger partial charge in [0, 0.05) is 37.4 Å². The minimum absolute atomic E-state index is 0.0646. The average molecular weight is 498 g/mol. The van der Waals surface area contributed by atoms with Crippen LogP contribution in [-0.2, 0) is 14.8 Å². The van der Waals surface area contributed by atoms with Crippen LogP contribution in [0.2, 0.25) is 0 Å². The summed E-state index contributed by atoms with van der Waals surface area (Å²) in [6, 6.07) is 15.1. The van der Waals surface area contributed by atoms with E-state index in [1.807, 2.05) is 30.3 Å². The Kier molecular flexibility index (Phi) is 8.02. The second kappa shape index (κ2) is 11.4. The molecule has 0 aromatic heterocycles. The van der Waals surface area contributed by atoms with Crippen LogP contribution in [0.15, 0.2) is 64.5 Å². The zero-order valence-corrected chi connectivity index (χ0v) is 20.4. The van der Waals surface area contributed by atoms with Gasteiger partial charge in [0.2, 0.25) is 5.91 Å². The summed E-state index contributed by atoms with van der Waals surface area (Å²) < 4.78 is 28.3. The van der Waals surface area contributed by atoms with Gasteiger partial charge in [0.15, 0.2) is 0 Å². The van der Waals surface area contributed by atoms with Crippen molar-refractivity contribution in [3.05, 3.63) is 54.6 Å². The first-order valence-corrected chi connectivity index (χ1v) is 13.5. The molecule has 9 nitrogen and oxygen atoms in total. The summed E-state index contributed by atoms with van der Waals surface area (Å²) in [7, 11) is -3.80. The van der Waals surface area contributed by atoms with E-state index in [0.29, 0.717) is 56.1 Å². The van der Waals surface area contributed by atoms with E-state index in [0.717, 1.165) is 19.3 Å². The lowest BCUT2D eigenvalue weighted by Crippen LogP contribution is -2.45. The van der Waals surface area contributed by atoms with Crippen LogP contribution >= 0.6 is 0 Å². The number of nitrogens with one attached hydrogen (secondary N) is 3. The molecule has 0 aliphatic carbocycles. The van der Waals surface area contributed by atoms with E-state index in [4.69, 9.17) is 0 Å². The Balaban J connectivity index is 1.37. The van der Waals surface area contributed by atoms with E-state index in [-0.39, 0.29) is 22.8 Å². The number of aliphatic imine (C=N–C) groups is 1. The summed E-state index contributed by atoms with van der Waals surface area (Å²) in [4.78, 5) is 31.6. The first kappa shape index (κ1) is 24.7. The Bertz CT molecular complexity index is 1180. The maximum atomic E-state index is 13.0. The van der Waals surface area contributed by atoms with Gasteiger partial charge in [0.05, 0.1) is 10.8 Å². The predicted molar refractivity (Wildman–Crippen MR) is 136 cm³/mol. The number of nitrogens with zero attached hydrogens (tertiary/aromatic N) is 2. The molecule has 186 valence electrons. The topological polar surface area (TPSA) is 120 Å². The number of urea groups is 1. The number of likely N-dealkylation sites (tertiary alicyclic amines) is 1. The molecule has 1 fully saturated rings. The van der Waals surface area contributed by atoms with Gasteiger partial charge in [-0.2, -0.15) is 0 Å². The zero-order chi connectivity index (χ0) is 24.7. The smallest absolute Gasteiger partial charge is 0.321 e. The number of para-hydroxylation sites is 1. The van der Waals surface area contributed by atoms with Crippen molar-refractivity contribution in [1.29, 1.82) is 0 Å². The number of carbonyl (C=O) groups excluding carboxylic acids is 2. The lowest BCUT2D eigenvalue weighted by Gasteiger charge is -2.32. The third kappa shape index (κ3) is 6.82. The highest BCUT2D eigenvalue weighted by atomic mass is 32.2. The second-order valence-corrected chi connectivity index (χ2v) is 10.5. The van der Waals surface area contributed by atoms with Crippen LogP contribution in [0.5, 0.6) is 0 Å². The SMILES string of the molecule is O=C(Nc1cccc(S(=O)(=O)NC2=NCCCCC2)c1)C1CCCN(C(=O)Nc2ccccc2)C1. The molecule has 3 amide bonds. The van der Waals surface area contributed by atoms with Crippen LogP contribution in [0.3, 0.4) is 0 Å². The van der Waals surface area contributed by atoms with E-state index >= 15 is 0 Å². The van der Waals surface area contributed by atoms with E-state index in [1.165, 1.54) is 12.1 Å². The van der Waals surface area contributed by atoms with Crippen molar-refractivity contribution >= 4 is 39.2 Å². The summed E-state index contributed by atoms with van der Waals surface area (Å²) in [5.74, 6) is -0.144. The van der Waals surface area contributed by atoms with Crippen LogP contribution in [-0.4, -0.2) is 50.7 Å². The quantitative estimate of drug-likeness (QED) is 0.582. The highest BCUT2D eigenvalue weighted by Crippen LogP contribution is 2.22. The standard InChI is InChI=1S/C25H31N5O4S/c31-24(19-9-8-16-30(18-19)25(32)28-20-10-3-1-4-11-20)27-21-12-7-13-22(17-21)35(33,34)29-23-14-5-2-6-15-26-23/h1,3-4,7,10-13,17,19H,2,5-6,8-9,14-16,18H2,(H,26,29)(H,27,31)(H,28,32). The molecule has 2 aromatic carbocycles. The largest absolute Gasteiger partial charge is 0.326 e. The Morgan fingerprint density at radius 3 is 2.54 bits per heavy atom. The fraction of sp³-hybridized carbons (Fsp3) is 0.400. The fourth-order valence-corrected chi connectivity index (χ4v) is 5.39. The van der Waals surface area contributed by atoms with Gasteiger partial charge < -0.3 is 15.5 Å². The molecule has 1 atom stereocenters. The van der Waals surface area contributed by atoms with Crippen molar-refractivity contribution in [2.75, 3.05) is 30.3 Å². The van der Waals surface area contributed by atoms with Crippen molar-refractivity contribution in [2.45, 2.75) is 43.4 Å². The highest BCUT2D eigenvalue weighted by Gasteiger charge is 2.29. The molecule has 4 rings (SSSR count). The number of amidine groups is 1. The number of amides is 3. The van der Waals surface area contributed by atoms with E-state index in [9.17, 15) is 18.0 Å². The molecule has 0 bridgehead atoms. The van der Waals surface area contributed by atoms with E-state index < -0.39 is 10.0 Å². The first-order chi connectivity index (χ1) is 16.9. The summed E-state index contributed by atoms with van der Waals surface area (Å²) in [5.41, 5.74) is 1.09. The number of rotatable bonds is 5. The number of carbonyl (C=O) groups is 2. The number of piperidine rings is 1. The van der Waals surface area contributed by atoms with Gasteiger partial charge in [-0.25, -0.2) is 13.2 Å². The third-order valence-electron chi connectivity index (χ3n) is 6.14. The molecule has 0 radical (unpaired) electrons. The molecule has 35 heavy (non-hydrogen) atoms. The van der Waals surface area contributed by atoms with Crippen LogP contribution in [0.1, 0.15) is 38.5 Å². The molecule has 1 saturated heterocycles. The monoisotopic (exact) mass is 497 g/mol. The molecular weight excluding hydrogens is 466 g/mol. The predicted octanol–water partition coefficient (Wildman–Crippen LogP) is 3.82. The molecule has 0 saturated carbocycles. The molecule has 3 N–H and O–H groups in total. The van der Waals surface area contributed by atoms with Gasteiger partial charge in [0.25, 0.3) is 10.0 Å². The van der Waals surface area contributed by atoms with Gasteiger partial charge in [-0.15, -0.1) is 0 Å². The molecule has 10 heteroatoms. The maximum Gasteiger partial charge on any atom is 0.321 e. The zero-order valence-electron chi connectivity index (χ0n) is 19.6. The number of hydrogen-bond acceptors (Lipinski definition) is 5. The number of hydrogen-bond donors (Lipinski definition) is 3. The van der Waals surface area contributed by atoms with Gasteiger partial charge in [-0.1, -0.05) is 30.7 Å². The summed E-state index contributed by atoms with van der Waals surface area (Å²) in [5, 5.41) is 5.68. The van der Waals surface area contributed by atoms with E-state index in [1.54, 1.807) is 17.0 Å². The van der Waals surface area contributed by atoms with Crippen LogP contribution in [0.25, 0.3) is 0 Å². The molecule has 2 heterocycles. The molecule has 1 unspecified atom stereocenters. The third-order valence-corrected chi connectivity index (χ3v) is 7.52. The Hall–Kier alpha value is -3.40. The average Bonchev–Trinajstić information content (AvgIpc) is 3.13. The van der Waals surface area contributed by atoms with Gasteiger partial charge in [-0.3, -0.25) is 14.5 Å². The first-order valence-electron chi connectivity index (χ1n) is 12.0. The van der Waals surface area contributed by atoms with Crippen molar-refractivity contribution < 1.29 is 18.0 Å². The molecule has 2 aliphatic rings. The lowest BCUT2D eigenvalue weighted by atomic mass is 9.97. The van der Waals surface area contributed by atoms with Crippen molar-refractivity contribution in [3.8, 4) is 0 Å². The van der Waals surface area contributed by atoms with Gasteiger partial charge in [-0.05, 0) is 56.0 Å². The van der Waals surface area contributed by atoms with Crippen molar-refractivity contribution in [2.24, 2.45) is 10.9 Å². The van der Waals surface area contributed by atoms with Crippen molar-refractivity contribution in [1.82, 2.24) is 9.62 Å². The minimum Gasteiger partial charge on any atom is -0.326 e. The van der Waals surface area contributed by atoms with Crippen molar-refractivity contribution in [3.63, 3.8) is 0 Å². The Labute approximate surface area is 206 Å². The number of sulfonamides is 1. The van der Waals surface area contributed by atoms with E-state index in [2.05, 4.69) is 20.3 Å². The summed E-state index contributed by atoms with van der Waals surface area (Å²) in [6.45, 7) is 1.49. The second-order valence-electron chi connectivity index (χ2n) is 8.84. The number of benzene rings is 2. The fourth-order valence-electron chi connectivity index (χ4n) is 4.26. The Morgan fingerprint density at radius 1 is 0.914 bits per heavy atom. The van der Waals surface area contributed by atoms with Crippen LogP contribution in [0, 0.1) is 5.92 Å². The summed E-state index contributed by atoms with van der Waals surface area (Å²) >= 11 is 0. The van der Waals surface area contributed by atoms with Gasteiger partial charge >= 0.3 is 6.03 Å². The lowest BCUT2D eigenvalue weighted by molar-refractivity contribution is -0.121. The summed E-state index contributed by atoms with van der Waals surface area (Å²) in [6.07, 6.45) is 4.86. The minimum atomic E-state index is -3.80. The Morgan fingerprint density at radius 2 is 1.71 bits per heavy atom.